The van der Waals surface area contributed by atoms with Gasteiger partial charge in [-0.3, -0.25) is 9.67 Å². The predicted molar refractivity (Wildman–Crippen MR) is 105 cm³/mol. The summed E-state index contributed by atoms with van der Waals surface area (Å²) in [5, 5.41) is 11.1. The van der Waals surface area contributed by atoms with Gasteiger partial charge in [0.25, 0.3) is 0 Å². The minimum atomic E-state index is -0.180. The lowest BCUT2D eigenvalue weighted by atomic mass is 10.1. The third-order valence-corrected chi connectivity index (χ3v) is 4.68. The van der Waals surface area contributed by atoms with E-state index in [2.05, 4.69) is 27.6 Å². The highest BCUT2D eigenvalue weighted by atomic mass is 19.1. The molecule has 1 aromatic carbocycles. The van der Waals surface area contributed by atoms with E-state index in [1.54, 1.807) is 19.1 Å². The van der Waals surface area contributed by atoms with Crippen LogP contribution in [0.2, 0.25) is 0 Å². The summed E-state index contributed by atoms with van der Waals surface area (Å²) in [6.07, 6.45) is 0.843. The highest BCUT2D eigenvalue weighted by Crippen LogP contribution is 2.16. The molecule has 2 aromatic rings. The maximum Gasteiger partial charge on any atom is 0.191 e. The van der Waals surface area contributed by atoms with Crippen molar-refractivity contribution in [2.24, 2.45) is 12.0 Å². The molecule has 0 fully saturated rings. The van der Waals surface area contributed by atoms with Crippen LogP contribution in [0, 0.1) is 26.6 Å². The highest BCUT2D eigenvalue weighted by Gasteiger charge is 2.11. The molecule has 0 aliphatic carbocycles. The molecular weight excluding hydrogens is 329 g/mol. The number of hydrogen-bond acceptors (Lipinski definition) is 2. The monoisotopic (exact) mass is 359 g/mol. The molecule has 0 saturated heterocycles. The summed E-state index contributed by atoms with van der Waals surface area (Å²) in [5.74, 6) is 0.556. The van der Waals surface area contributed by atoms with Gasteiger partial charge < -0.3 is 10.6 Å². The molecule has 26 heavy (non-hydrogen) atoms. The Bertz CT molecular complexity index is 779. The van der Waals surface area contributed by atoms with Crippen molar-refractivity contribution in [3.8, 4) is 0 Å². The normalized spacial score (nSPS) is 13.0. The Kier molecular flexibility index (Phi) is 6.77. The molecule has 1 aromatic heterocycles. The number of aromatic nitrogens is 2. The number of hydrogen-bond donors (Lipinski definition) is 2. The Morgan fingerprint density at radius 2 is 2.04 bits per heavy atom. The quantitative estimate of drug-likeness (QED) is 0.614. The van der Waals surface area contributed by atoms with Crippen molar-refractivity contribution in [3.63, 3.8) is 0 Å². The Morgan fingerprint density at radius 3 is 2.62 bits per heavy atom. The van der Waals surface area contributed by atoms with Crippen molar-refractivity contribution in [2.45, 2.75) is 47.1 Å². The number of guanidine groups is 1. The molecule has 1 atom stereocenters. The van der Waals surface area contributed by atoms with Gasteiger partial charge >= 0.3 is 0 Å². The fourth-order valence-corrected chi connectivity index (χ4v) is 2.95. The summed E-state index contributed by atoms with van der Waals surface area (Å²) in [7, 11) is 1.96. The SMILES string of the molecule is CCNC(=NCCc1c(C)nn(C)c1C)NC(C)c1ccc(C)c(F)c1. The summed E-state index contributed by atoms with van der Waals surface area (Å²) in [4.78, 5) is 4.67. The largest absolute Gasteiger partial charge is 0.357 e. The van der Waals surface area contributed by atoms with E-state index in [0.717, 1.165) is 30.2 Å². The van der Waals surface area contributed by atoms with Crippen LogP contribution in [0.15, 0.2) is 23.2 Å². The van der Waals surface area contributed by atoms with Crippen molar-refractivity contribution < 1.29 is 4.39 Å². The minimum Gasteiger partial charge on any atom is -0.357 e. The predicted octanol–water partition coefficient (Wildman–Crippen LogP) is 3.34. The number of rotatable bonds is 6. The van der Waals surface area contributed by atoms with Crippen LogP contribution in [0.25, 0.3) is 0 Å². The van der Waals surface area contributed by atoms with Gasteiger partial charge in [0.2, 0.25) is 0 Å². The van der Waals surface area contributed by atoms with Crippen molar-refractivity contribution >= 4 is 5.96 Å². The Balaban J connectivity index is 2.04. The van der Waals surface area contributed by atoms with Crippen molar-refractivity contribution in [2.75, 3.05) is 13.1 Å². The zero-order chi connectivity index (χ0) is 19.3. The first kappa shape index (κ1) is 19.9. The summed E-state index contributed by atoms with van der Waals surface area (Å²) in [5.41, 5.74) is 5.04. The number of aryl methyl sites for hydroxylation is 3. The van der Waals surface area contributed by atoms with E-state index in [0.29, 0.717) is 12.1 Å². The standard InChI is InChI=1S/C20H30FN5/c1-7-22-20(23-11-10-18-15(4)25-26(6)16(18)5)24-14(3)17-9-8-13(2)19(21)12-17/h8-9,12,14H,7,10-11H2,1-6H3,(H2,22,23,24). The van der Waals surface area contributed by atoms with E-state index in [9.17, 15) is 4.39 Å². The third-order valence-electron chi connectivity index (χ3n) is 4.68. The second-order valence-electron chi connectivity index (χ2n) is 6.66. The van der Waals surface area contributed by atoms with Gasteiger partial charge in [0.1, 0.15) is 5.82 Å². The first-order valence-corrected chi connectivity index (χ1v) is 9.13. The van der Waals surface area contributed by atoms with Crippen LogP contribution in [0.1, 0.15) is 48.0 Å². The number of nitrogens with one attached hydrogen (secondary N) is 2. The maximum atomic E-state index is 13.8. The van der Waals surface area contributed by atoms with Crippen LogP contribution < -0.4 is 10.6 Å². The molecule has 1 unspecified atom stereocenters. The van der Waals surface area contributed by atoms with Crippen LogP contribution in [-0.2, 0) is 13.5 Å². The van der Waals surface area contributed by atoms with E-state index >= 15 is 0 Å². The van der Waals surface area contributed by atoms with Crippen LogP contribution >= 0.6 is 0 Å². The Morgan fingerprint density at radius 1 is 1.31 bits per heavy atom. The molecule has 0 amide bonds. The molecule has 2 N–H and O–H groups in total. The van der Waals surface area contributed by atoms with Crippen LogP contribution in [-0.4, -0.2) is 28.8 Å². The van der Waals surface area contributed by atoms with Gasteiger partial charge in [-0.05, 0) is 63.8 Å². The molecule has 2 rings (SSSR count). The lowest BCUT2D eigenvalue weighted by Gasteiger charge is -2.18. The van der Waals surface area contributed by atoms with Gasteiger partial charge in [0.05, 0.1) is 11.7 Å². The molecule has 5 nitrogen and oxygen atoms in total. The Hall–Kier alpha value is -2.37. The molecule has 0 aliphatic heterocycles. The summed E-state index contributed by atoms with van der Waals surface area (Å²) in [6.45, 7) is 11.4. The molecule has 0 spiro atoms. The second kappa shape index (κ2) is 8.83. The first-order chi connectivity index (χ1) is 12.3. The second-order valence-corrected chi connectivity index (χ2v) is 6.66. The molecule has 1 heterocycles. The van der Waals surface area contributed by atoms with Crippen molar-refractivity contribution in [1.29, 1.82) is 0 Å². The average molecular weight is 359 g/mol. The maximum absolute atomic E-state index is 13.8. The van der Waals surface area contributed by atoms with Crippen molar-refractivity contribution in [3.05, 3.63) is 52.1 Å². The van der Waals surface area contributed by atoms with Gasteiger partial charge in [0.15, 0.2) is 5.96 Å². The van der Waals surface area contributed by atoms with E-state index in [1.165, 1.54) is 11.3 Å². The minimum absolute atomic E-state index is 0.0373. The number of benzene rings is 1. The molecule has 0 bridgehead atoms. The van der Waals surface area contributed by atoms with Crippen LogP contribution in [0.5, 0.6) is 0 Å². The smallest absolute Gasteiger partial charge is 0.191 e. The van der Waals surface area contributed by atoms with Gasteiger partial charge in [-0.25, -0.2) is 4.39 Å². The summed E-state index contributed by atoms with van der Waals surface area (Å²) in [6, 6.07) is 5.30. The summed E-state index contributed by atoms with van der Waals surface area (Å²) >= 11 is 0. The van der Waals surface area contributed by atoms with Crippen LogP contribution in [0.4, 0.5) is 4.39 Å². The van der Waals surface area contributed by atoms with Gasteiger partial charge in [0, 0.05) is 25.8 Å². The van der Waals surface area contributed by atoms with Gasteiger partial charge in [-0.1, -0.05) is 12.1 Å². The summed E-state index contributed by atoms with van der Waals surface area (Å²) < 4.78 is 15.7. The van der Waals surface area contributed by atoms with Gasteiger partial charge in [-0.2, -0.15) is 5.10 Å². The molecule has 0 radical (unpaired) electrons. The number of halogens is 1. The molecule has 6 heteroatoms. The van der Waals surface area contributed by atoms with Gasteiger partial charge in [-0.15, -0.1) is 0 Å². The zero-order valence-corrected chi connectivity index (χ0v) is 16.7. The average Bonchev–Trinajstić information content (AvgIpc) is 2.83. The van der Waals surface area contributed by atoms with E-state index in [4.69, 9.17) is 0 Å². The molecule has 142 valence electrons. The number of aliphatic imine (C=N–C) groups is 1. The van der Waals surface area contributed by atoms with E-state index < -0.39 is 0 Å². The first-order valence-electron chi connectivity index (χ1n) is 9.13. The molecule has 0 saturated carbocycles. The topological polar surface area (TPSA) is 54.2 Å². The van der Waals surface area contributed by atoms with Crippen molar-refractivity contribution in [1.82, 2.24) is 20.4 Å². The number of nitrogens with zero attached hydrogens (tertiary/aromatic N) is 3. The van der Waals surface area contributed by atoms with Crippen LogP contribution in [0.3, 0.4) is 0 Å². The van der Waals surface area contributed by atoms with E-state index in [1.807, 2.05) is 38.6 Å². The Labute approximate surface area is 155 Å². The molecular formula is C20H30FN5. The third kappa shape index (κ3) is 4.84. The lowest BCUT2D eigenvalue weighted by molar-refractivity contribution is 0.607. The molecule has 0 aliphatic rings. The van der Waals surface area contributed by atoms with E-state index in [-0.39, 0.29) is 11.9 Å². The fourth-order valence-electron chi connectivity index (χ4n) is 2.95. The highest BCUT2D eigenvalue weighted by molar-refractivity contribution is 5.80. The zero-order valence-electron chi connectivity index (χ0n) is 16.7. The lowest BCUT2D eigenvalue weighted by Crippen LogP contribution is -2.39. The fraction of sp³-hybridized carbons (Fsp3) is 0.500.